The largest absolute Gasteiger partial charge is 0.478 e. The molecule has 1 aromatic rings. The Kier molecular flexibility index (Phi) is 4.75. The van der Waals surface area contributed by atoms with Crippen molar-refractivity contribution in [3.05, 3.63) is 29.3 Å². The van der Waals surface area contributed by atoms with Crippen LogP contribution in [0.2, 0.25) is 0 Å². The van der Waals surface area contributed by atoms with Gasteiger partial charge in [0.2, 0.25) is 0 Å². The van der Waals surface area contributed by atoms with Gasteiger partial charge in [-0.1, -0.05) is 24.5 Å². The molecule has 0 aliphatic heterocycles. The first kappa shape index (κ1) is 14.3. The number of nitrogens with one attached hydrogen (secondary N) is 1. The monoisotopic (exact) mass is 279 g/mol. The molecule has 19 heavy (non-hydrogen) atoms. The van der Waals surface area contributed by atoms with Gasteiger partial charge in [0.25, 0.3) is 0 Å². The first-order valence-corrected chi connectivity index (χ1v) is 8.04. The van der Waals surface area contributed by atoms with Gasteiger partial charge in [-0.3, -0.25) is 0 Å². The van der Waals surface area contributed by atoms with Gasteiger partial charge < -0.3 is 10.4 Å². The molecule has 0 amide bonds. The minimum Gasteiger partial charge on any atom is -0.478 e. The topological polar surface area (TPSA) is 49.3 Å². The Balaban J connectivity index is 2.20. The van der Waals surface area contributed by atoms with Crippen LogP contribution < -0.4 is 5.32 Å². The van der Waals surface area contributed by atoms with Gasteiger partial charge in [0.1, 0.15) is 0 Å². The van der Waals surface area contributed by atoms with Gasteiger partial charge in [0.15, 0.2) is 0 Å². The molecule has 0 saturated heterocycles. The maximum Gasteiger partial charge on any atom is 0.337 e. The lowest BCUT2D eigenvalue weighted by molar-refractivity contribution is 0.0697. The molecule has 1 fully saturated rings. The van der Waals surface area contributed by atoms with E-state index in [1.54, 1.807) is 6.07 Å². The normalized spacial score (nSPS) is 23.1. The molecule has 0 aromatic heterocycles. The molecule has 4 heteroatoms. The van der Waals surface area contributed by atoms with E-state index >= 15 is 0 Å². The molecule has 0 heterocycles. The highest BCUT2D eigenvalue weighted by Crippen LogP contribution is 2.30. The van der Waals surface area contributed by atoms with Gasteiger partial charge in [0.05, 0.1) is 5.56 Å². The number of thioether (sulfide) groups is 1. The standard InChI is InChI=1S/C15H21NO2S/c1-10-7-8-12(11(9-10)15(17)18)16-13-5-3-4-6-14(13)19-2/h7-9,13-14,16H,3-6H2,1-2H3,(H,17,18). The van der Waals surface area contributed by atoms with Crippen LogP contribution in [0.15, 0.2) is 18.2 Å². The van der Waals surface area contributed by atoms with Crippen molar-refractivity contribution >= 4 is 23.4 Å². The van der Waals surface area contributed by atoms with Crippen molar-refractivity contribution in [2.45, 2.75) is 43.9 Å². The van der Waals surface area contributed by atoms with Gasteiger partial charge in [0, 0.05) is 17.0 Å². The highest BCUT2D eigenvalue weighted by Gasteiger charge is 2.25. The fourth-order valence-corrected chi connectivity index (χ4v) is 3.64. The summed E-state index contributed by atoms with van der Waals surface area (Å²) in [4.78, 5) is 11.3. The number of aromatic carboxylic acids is 1. The van der Waals surface area contributed by atoms with Crippen molar-refractivity contribution in [1.82, 2.24) is 0 Å². The zero-order chi connectivity index (χ0) is 13.8. The first-order chi connectivity index (χ1) is 9.11. The number of hydrogen-bond acceptors (Lipinski definition) is 3. The molecular formula is C15H21NO2S. The average molecular weight is 279 g/mol. The fraction of sp³-hybridized carbons (Fsp3) is 0.533. The van der Waals surface area contributed by atoms with Crippen molar-refractivity contribution in [2.24, 2.45) is 0 Å². The lowest BCUT2D eigenvalue weighted by atomic mass is 9.94. The van der Waals surface area contributed by atoms with Gasteiger partial charge in [-0.25, -0.2) is 4.79 Å². The number of benzene rings is 1. The van der Waals surface area contributed by atoms with Crippen molar-refractivity contribution < 1.29 is 9.90 Å². The number of aryl methyl sites for hydroxylation is 1. The summed E-state index contributed by atoms with van der Waals surface area (Å²) in [6.45, 7) is 1.92. The molecule has 0 radical (unpaired) electrons. The number of carbonyl (C=O) groups is 1. The van der Waals surface area contributed by atoms with Gasteiger partial charge >= 0.3 is 5.97 Å². The quantitative estimate of drug-likeness (QED) is 0.880. The van der Waals surface area contributed by atoms with Crippen molar-refractivity contribution in [2.75, 3.05) is 11.6 Å². The minimum atomic E-state index is -0.859. The predicted molar refractivity (Wildman–Crippen MR) is 81.3 cm³/mol. The summed E-state index contributed by atoms with van der Waals surface area (Å²) in [7, 11) is 0. The molecule has 2 atom stereocenters. The van der Waals surface area contributed by atoms with Crippen LogP contribution in [0.4, 0.5) is 5.69 Å². The van der Waals surface area contributed by atoms with E-state index < -0.39 is 5.97 Å². The fourth-order valence-electron chi connectivity index (χ4n) is 2.70. The number of anilines is 1. The highest BCUT2D eigenvalue weighted by molar-refractivity contribution is 7.99. The van der Waals surface area contributed by atoms with Crippen LogP contribution in [0.3, 0.4) is 0 Å². The third-order valence-corrected chi connectivity index (χ3v) is 4.92. The van der Waals surface area contributed by atoms with E-state index in [0.717, 1.165) is 17.7 Å². The number of rotatable bonds is 4. The molecule has 1 aliphatic carbocycles. The lowest BCUT2D eigenvalue weighted by Crippen LogP contribution is -2.34. The summed E-state index contributed by atoms with van der Waals surface area (Å²) in [5, 5.41) is 13.3. The Hall–Kier alpha value is -1.16. The van der Waals surface area contributed by atoms with E-state index in [1.165, 1.54) is 19.3 Å². The summed E-state index contributed by atoms with van der Waals surface area (Å²) in [6, 6.07) is 5.97. The zero-order valence-corrected chi connectivity index (χ0v) is 12.3. The second-order valence-corrected chi connectivity index (χ2v) is 6.24. The van der Waals surface area contributed by atoms with E-state index in [2.05, 4.69) is 11.6 Å². The van der Waals surface area contributed by atoms with E-state index in [0.29, 0.717) is 16.9 Å². The molecule has 104 valence electrons. The van der Waals surface area contributed by atoms with Crippen molar-refractivity contribution in [3.8, 4) is 0 Å². The second kappa shape index (κ2) is 6.33. The maximum absolute atomic E-state index is 11.3. The molecule has 0 bridgehead atoms. The summed E-state index contributed by atoms with van der Waals surface area (Å²) in [6.07, 6.45) is 6.98. The second-order valence-electron chi connectivity index (χ2n) is 5.16. The van der Waals surface area contributed by atoms with Gasteiger partial charge in [-0.2, -0.15) is 11.8 Å². The molecule has 3 nitrogen and oxygen atoms in total. The van der Waals surface area contributed by atoms with Crippen LogP contribution in [0.25, 0.3) is 0 Å². The Bertz CT molecular complexity index is 461. The van der Waals surface area contributed by atoms with E-state index in [4.69, 9.17) is 0 Å². The maximum atomic E-state index is 11.3. The Morgan fingerprint density at radius 1 is 1.37 bits per heavy atom. The molecule has 2 N–H and O–H groups in total. The van der Waals surface area contributed by atoms with E-state index in [1.807, 2.05) is 30.8 Å². The van der Waals surface area contributed by atoms with E-state index in [9.17, 15) is 9.90 Å². The van der Waals surface area contributed by atoms with Crippen molar-refractivity contribution in [1.29, 1.82) is 0 Å². The Morgan fingerprint density at radius 3 is 2.79 bits per heavy atom. The number of hydrogen-bond donors (Lipinski definition) is 2. The molecule has 0 spiro atoms. The van der Waals surface area contributed by atoms with Crippen LogP contribution in [0.5, 0.6) is 0 Å². The smallest absolute Gasteiger partial charge is 0.337 e. The van der Waals surface area contributed by atoms with Crippen LogP contribution in [-0.4, -0.2) is 28.6 Å². The number of carboxylic acids is 1. The van der Waals surface area contributed by atoms with E-state index in [-0.39, 0.29) is 0 Å². The van der Waals surface area contributed by atoms with Gasteiger partial charge in [-0.15, -0.1) is 0 Å². The highest BCUT2D eigenvalue weighted by atomic mass is 32.2. The summed E-state index contributed by atoms with van der Waals surface area (Å²) >= 11 is 1.88. The summed E-state index contributed by atoms with van der Waals surface area (Å²) in [5.41, 5.74) is 2.11. The van der Waals surface area contributed by atoms with Crippen LogP contribution >= 0.6 is 11.8 Å². The third-order valence-electron chi connectivity index (χ3n) is 3.75. The summed E-state index contributed by atoms with van der Waals surface area (Å²) < 4.78 is 0. The SMILES string of the molecule is CSC1CCCCC1Nc1ccc(C)cc1C(=O)O. The van der Waals surface area contributed by atoms with Gasteiger partial charge in [-0.05, 0) is 38.2 Å². The minimum absolute atomic E-state index is 0.379. The lowest BCUT2D eigenvalue weighted by Gasteiger charge is -2.32. The van der Waals surface area contributed by atoms with Crippen LogP contribution in [0.1, 0.15) is 41.6 Å². The zero-order valence-electron chi connectivity index (χ0n) is 11.5. The molecule has 2 unspecified atom stereocenters. The molecule has 1 saturated carbocycles. The molecule has 1 aromatic carbocycles. The van der Waals surface area contributed by atoms with Crippen LogP contribution in [-0.2, 0) is 0 Å². The molecular weight excluding hydrogens is 258 g/mol. The number of carboxylic acid groups (broad SMARTS) is 1. The summed E-state index contributed by atoms with van der Waals surface area (Å²) in [5.74, 6) is -0.859. The average Bonchev–Trinajstić information content (AvgIpc) is 2.41. The third kappa shape index (κ3) is 3.44. The molecule has 1 aliphatic rings. The van der Waals surface area contributed by atoms with Crippen molar-refractivity contribution in [3.63, 3.8) is 0 Å². The Morgan fingerprint density at radius 2 is 2.11 bits per heavy atom. The predicted octanol–water partition coefficient (Wildman–Crippen LogP) is 3.78. The molecule has 2 rings (SSSR count). The Labute approximate surface area is 118 Å². The van der Waals surface area contributed by atoms with Crippen LogP contribution in [0, 0.1) is 6.92 Å². The first-order valence-electron chi connectivity index (χ1n) is 6.75.